The monoisotopic (exact) mass is 409 g/mol. The van der Waals surface area contributed by atoms with Gasteiger partial charge in [-0.1, -0.05) is 18.2 Å². The Morgan fingerprint density at radius 2 is 1.93 bits per heavy atom. The molecule has 0 aliphatic carbocycles. The molecule has 0 aliphatic rings. The van der Waals surface area contributed by atoms with Gasteiger partial charge in [0.1, 0.15) is 6.61 Å². The van der Waals surface area contributed by atoms with Crippen LogP contribution in [0, 0.1) is 20.8 Å². The fourth-order valence-corrected chi connectivity index (χ4v) is 3.69. The smallest absolute Gasteiger partial charge is 0.310 e. The summed E-state index contributed by atoms with van der Waals surface area (Å²) in [6.45, 7) is 7.46. The van der Waals surface area contributed by atoms with Crippen molar-refractivity contribution in [1.82, 2.24) is 9.97 Å². The van der Waals surface area contributed by atoms with E-state index in [4.69, 9.17) is 4.74 Å². The van der Waals surface area contributed by atoms with Gasteiger partial charge in [0.15, 0.2) is 5.13 Å². The van der Waals surface area contributed by atoms with Gasteiger partial charge in [0.25, 0.3) is 0 Å². The molecule has 3 rings (SSSR count). The van der Waals surface area contributed by atoms with Crippen LogP contribution in [0.5, 0.6) is 0 Å². The third kappa shape index (κ3) is 5.06. The Morgan fingerprint density at radius 1 is 1.14 bits per heavy atom. The van der Waals surface area contributed by atoms with Gasteiger partial charge in [-0.25, -0.2) is 4.98 Å². The number of thiazole rings is 1. The molecule has 7 heteroatoms. The van der Waals surface area contributed by atoms with Crippen LogP contribution in [0.25, 0.3) is 0 Å². The van der Waals surface area contributed by atoms with Crippen molar-refractivity contribution in [3.05, 3.63) is 70.0 Å². The highest BCUT2D eigenvalue weighted by Gasteiger charge is 2.20. The summed E-state index contributed by atoms with van der Waals surface area (Å²) >= 11 is 1.35. The Hall–Kier alpha value is -3.06. The molecule has 1 aromatic carbocycles. The van der Waals surface area contributed by atoms with Crippen molar-refractivity contribution in [3.63, 3.8) is 0 Å². The summed E-state index contributed by atoms with van der Waals surface area (Å²) in [4.78, 5) is 34.7. The standard InChI is InChI=1S/C22H23N3O3S/c1-14-6-5-7-20(16(14)3)25(17(4)26)22-24-19(13-29-22)12-28-21(27)10-18-9-8-15(2)23-11-18/h5-9,11,13H,10,12H2,1-4H3. The number of aromatic nitrogens is 2. The first-order chi connectivity index (χ1) is 13.8. The number of pyridine rings is 1. The summed E-state index contributed by atoms with van der Waals surface area (Å²) in [5, 5.41) is 2.36. The van der Waals surface area contributed by atoms with Crippen LogP contribution < -0.4 is 4.90 Å². The zero-order valence-electron chi connectivity index (χ0n) is 16.9. The summed E-state index contributed by atoms with van der Waals surface area (Å²) in [7, 11) is 0. The lowest BCUT2D eigenvalue weighted by molar-refractivity contribution is -0.144. The normalized spacial score (nSPS) is 10.6. The Kier molecular flexibility index (Phi) is 6.39. The zero-order chi connectivity index (χ0) is 21.0. The molecule has 0 atom stereocenters. The molecule has 1 amide bonds. The van der Waals surface area contributed by atoms with Gasteiger partial charge in [-0.2, -0.15) is 0 Å². The molecule has 0 N–H and O–H groups in total. The van der Waals surface area contributed by atoms with Gasteiger partial charge in [0.05, 0.1) is 17.8 Å². The summed E-state index contributed by atoms with van der Waals surface area (Å²) in [6, 6.07) is 9.55. The molecular formula is C22H23N3O3S. The molecule has 29 heavy (non-hydrogen) atoms. The second-order valence-corrected chi connectivity index (χ2v) is 7.68. The third-order valence-electron chi connectivity index (χ3n) is 4.56. The SMILES string of the molecule is CC(=O)N(c1nc(COC(=O)Cc2ccc(C)nc2)cs1)c1cccc(C)c1C. The lowest BCUT2D eigenvalue weighted by Gasteiger charge is -2.21. The number of rotatable bonds is 6. The van der Waals surface area contributed by atoms with Gasteiger partial charge in [-0.3, -0.25) is 19.5 Å². The topological polar surface area (TPSA) is 72.4 Å². The number of nitrogens with zero attached hydrogens (tertiary/aromatic N) is 3. The van der Waals surface area contributed by atoms with Crippen LogP contribution in [-0.2, 0) is 27.4 Å². The quantitative estimate of drug-likeness (QED) is 0.563. The van der Waals surface area contributed by atoms with E-state index in [1.54, 1.807) is 16.5 Å². The number of amides is 1. The van der Waals surface area contributed by atoms with E-state index in [1.807, 2.05) is 51.1 Å². The molecule has 2 heterocycles. The molecule has 0 spiro atoms. The van der Waals surface area contributed by atoms with Crippen LogP contribution >= 0.6 is 11.3 Å². The number of hydrogen-bond donors (Lipinski definition) is 0. The Labute approximate surface area is 174 Å². The van der Waals surface area contributed by atoms with Crippen LogP contribution in [0.2, 0.25) is 0 Å². The molecule has 2 aromatic heterocycles. The molecule has 3 aromatic rings. The number of ether oxygens (including phenoxy) is 1. The van der Waals surface area contributed by atoms with Gasteiger partial charge in [-0.05, 0) is 49.6 Å². The van der Waals surface area contributed by atoms with Gasteiger partial charge < -0.3 is 4.74 Å². The van der Waals surface area contributed by atoms with Crippen LogP contribution in [0.15, 0.2) is 41.9 Å². The molecule has 0 unspecified atom stereocenters. The molecule has 0 aliphatic heterocycles. The van der Waals surface area contributed by atoms with Crippen molar-refractivity contribution in [3.8, 4) is 0 Å². The maximum absolute atomic E-state index is 12.3. The second kappa shape index (κ2) is 8.96. The highest BCUT2D eigenvalue weighted by Crippen LogP contribution is 2.32. The highest BCUT2D eigenvalue weighted by molar-refractivity contribution is 7.14. The first kappa shape index (κ1) is 20.7. The van der Waals surface area contributed by atoms with Crippen molar-refractivity contribution < 1.29 is 14.3 Å². The van der Waals surface area contributed by atoms with E-state index < -0.39 is 0 Å². The van der Waals surface area contributed by atoms with Crippen molar-refractivity contribution in [2.24, 2.45) is 0 Å². The minimum Gasteiger partial charge on any atom is -0.459 e. The van der Waals surface area contributed by atoms with E-state index in [1.165, 1.54) is 18.3 Å². The summed E-state index contributed by atoms with van der Waals surface area (Å²) in [5.74, 6) is -0.466. The van der Waals surface area contributed by atoms with Crippen molar-refractivity contribution in [2.75, 3.05) is 4.90 Å². The fraction of sp³-hybridized carbons (Fsp3) is 0.273. The molecular weight excluding hydrogens is 386 g/mol. The number of hydrogen-bond acceptors (Lipinski definition) is 6. The Balaban J connectivity index is 1.68. The molecule has 0 bridgehead atoms. The van der Waals surface area contributed by atoms with Crippen molar-refractivity contribution in [2.45, 2.75) is 40.7 Å². The first-order valence-electron chi connectivity index (χ1n) is 9.23. The molecule has 0 fully saturated rings. The highest BCUT2D eigenvalue weighted by atomic mass is 32.1. The number of carbonyl (C=O) groups is 2. The summed E-state index contributed by atoms with van der Waals surface area (Å²) in [6.07, 6.45) is 1.83. The number of aryl methyl sites for hydroxylation is 2. The van der Waals surface area contributed by atoms with Gasteiger partial charge in [-0.15, -0.1) is 11.3 Å². The minimum absolute atomic E-state index is 0.0627. The van der Waals surface area contributed by atoms with Gasteiger partial charge >= 0.3 is 5.97 Å². The van der Waals surface area contributed by atoms with Crippen molar-refractivity contribution >= 4 is 34.0 Å². The number of esters is 1. The Morgan fingerprint density at radius 3 is 2.62 bits per heavy atom. The fourth-order valence-electron chi connectivity index (χ4n) is 2.83. The first-order valence-corrected chi connectivity index (χ1v) is 10.1. The lowest BCUT2D eigenvalue weighted by atomic mass is 10.1. The molecule has 6 nitrogen and oxygen atoms in total. The predicted molar refractivity (Wildman–Crippen MR) is 113 cm³/mol. The molecule has 0 radical (unpaired) electrons. The van der Waals surface area contributed by atoms with E-state index in [0.29, 0.717) is 10.8 Å². The second-order valence-electron chi connectivity index (χ2n) is 6.84. The van der Waals surface area contributed by atoms with E-state index >= 15 is 0 Å². The molecule has 0 saturated heterocycles. The third-order valence-corrected chi connectivity index (χ3v) is 5.44. The maximum atomic E-state index is 12.3. The van der Waals surface area contributed by atoms with E-state index in [-0.39, 0.29) is 24.9 Å². The minimum atomic E-state index is -0.344. The Bertz CT molecular complexity index is 1030. The number of carbonyl (C=O) groups excluding carboxylic acids is 2. The number of anilines is 2. The van der Waals surface area contributed by atoms with Gasteiger partial charge in [0.2, 0.25) is 5.91 Å². The van der Waals surface area contributed by atoms with Crippen LogP contribution in [-0.4, -0.2) is 21.8 Å². The number of benzene rings is 1. The molecule has 0 saturated carbocycles. The largest absolute Gasteiger partial charge is 0.459 e. The molecule has 150 valence electrons. The maximum Gasteiger partial charge on any atom is 0.310 e. The average Bonchev–Trinajstić information content (AvgIpc) is 3.14. The average molecular weight is 410 g/mol. The van der Waals surface area contributed by atoms with E-state index in [9.17, 15) is 9.59 Å². The van der Waals surface area contributed by atoms with Crippen molar-refractivity contribution in [1.29, 1.82) is 0 Å². The van der Waals surface area contributed by atoms with Crippen LogP contribution in [0.1, 0.15) is 35.0 Å². The lowest BCUT2D eigenvalue weighted by Crippen LogP contribution is -2.23. The van der Waals surface area contributed by atoms with E-state index in [0.717, 1.165) is 28.1 Å². The zero-order valence-corrected chi connectivity index (χ0v) is 17.7. The summed E-state index contributed by atoms with van der Waals surface area (Å²) in [5.41, 5.74) is 5.25. The van der Waals surface area contributed by atoms with Gasteiger partial charge in [0, 0.05) is 24.2 Å². The predicted octanol–water partition coefficient (Wildman–Crippen LogP) is 4.43. The van der Waals surface area contributed by atoms with Crippen LogP contribution in [0.4, 0.5) is 10.8 Å². The summed E-state index contributed by atoms with van der Waals surface area (Å²) < 4.78 is 5.34. The van der Waals surface area contributed by atoms with E-state index in [2.05, 4.69) is 9.97 Å². The van der Waals surface area contributed by atoms with Crippen LogP contribution in [0.3, 0.4) is 0 Å².